The normalized spacial score (nSPS) is 12.2. The molecular formula is C62H114O6. The smallest absolute Gasteiger partial charge is 0.306 e. The second-order valence-corrected chi connectivity index (χ2v) is 20.3. The van der Waals surface area contributed by atoms with Crippen molar-refractivity contribution in [2.24, 2.45) is 0 Å². The third kappa shape index (κ3) is 54.6. The minimum absolute atomic E-state index is 0.0747. The monoisotopic (exact) mass is 955 g/mol. The van der Waals surface area contributed by atoms with Crippen LogP contribution in [0.4, 0.5) is 0 Å². The lowest BCUT2D eigenvalue weighted by Crippen LogP contribution is -2.30. The summed E-state index contributed by atoms with van der Waals surface area (Å²) in [5, 5.41) is 0. The molecule has 0 radical (unpaired) electrons. The summed E-state index contributed by atoms with van der Waals surface area (Å²) in [5.74, 6) is -0.872. The van der Waals surface area contributed by atoms with Crippen molar-refractivity contribution in [1.82, 2.24) is 0 Å². The van der Waals surface area contributed by atoms with Crippen LogP contribution in [0.15, 0.2) is 36.5 Å². The highest BCUT2D eigenvalue weighted by molar-refractivity contribution is 5.71. The van der Waals surface area contributed by atoms with Crippen molar-refractivity contribution in [1.29, 1.82) is 0 Å². The van der Waals surface area contributed by atoms with Gasteiger partial charge >= 0.3 is 17.9 Å². The number of unbranched alkanes of at least 4 members (excludes halogenated alkanes) is 38. The lowest BCUT2D eigenvalue weighted by molar-refractivity contribution is -0.167. The topological polar surface area (TPSA) is 78.9 Å². The molecule has 0 rings (SSSR count). The number of rotatable bonds is 55. The summed E-state index contributed by atoms with van der Waals surface area (Å²) < 4.78 is 16.9. The van der Waals surface area contributed by atoms with Crippen LogP contribution in [-0.2, 0) is 28.6 Å². The summed E-state index contributed by atoms with van der Waals surface area (Å²) in [6.45, 7) is 6.64. The Bertz CT molecular complexity index is 1140. The van der Waals surface area contributed by atoms with Crippen molar-refractivity contribution in [3.05, 3.63) is 36.5 Å². The number of esters is 3. The van der Waals surface area contributed by atoms with Gasteiger partial charge in [-0.2, -0.15) is 0 Å². The second kappa shape index (κ2) is 57.2. The third-order valence-electron chi connectivity index (χ3n) is 13.4. The van der Waals surface area contributed by atoms with Crippen LogP contribution < -0.4 is 0 Å². The third-order valence-corrected chi connectivity index (χ3v) is 13.4. The quantitative estimate of drug-likeness (QED) is 0.0262. The molecule has 0 N–H and O–H groups in total. The highest BCUT2D eigenvalue weighted by Crippen LogP contribution is 2.16. The maximum absolute atomic E-state index is 12.8. The van der Waals surface area contributed by atoms with Gasteiger partial charge in [-0.25, -0.2) is 0 Å². The average molecular weight is 956 g/mol. The number of carbonyl (C=O) groups excluding carboxylic acids is 3. The molecule has 0 aliphatic heterocycles. The Kier molecular flexibility index (Phi) is 55.2. The van der Waals surface area contributed by atoms with Gasteiger partial charge in [0.2, 0.25) is 0 Å². The Morgan fingerprint density at radius 1 is 0.294 bits per heavy atom. The number of ether oxygens (including phenoxy) is 3. The zero-order valence-electron chi connectivity index (χ0n) is 45.6. The summed E-state index contributed by atoms with van der Waals surface area (Å²) in [4.78, 5) is 38.2. The predicted molar refractivity (Wildman–Crippen MR) is 293 cm³/mol. The number of hydrogen-bond donors (Lipinski definition) is 0. The van der Waals surface area contributed by atoms with E-state index in [1.54, 1.807) is 0 Å². The minimum Gasteiger partial charge on any atom is -0.462 e. The van der Waals surface area contributed by atoms with Gasteiger partial charge in [0.1, 0.15) is 13.2 Å². The van der Waals surface area contributed by atoms with Crippen LogP contribution in [-0.4, -0.2) is 37.2 Å². The van der Waals surface area contributed by atoms with Crippen LogP contribution in [0.3, 0.4) is 0 Å². The molecule has 0 bridgehead atoms. The van der Waals surface area contributed by atoms with E-state index in [0.29, 0.717) is 19.3 Å². The fraction of sp³-hybridized carbons (Fsp3) is 0.855. The molecule has 398 valence electrons. The van der Waals surface area contributed by atoms with E-state index in [9.17, 15) is 14.4 Å². The standard InChI is InChI=1S/C62H114O6/c1-4-7-10-13-16-19-22-25-28-29-30-31-32-33-35-37-40-43-46-49-52-55-61(64)67-58-59(57-66-60(63)54-51-48-45-42-39-36-27-24-21-18-15-12-9-6-3)68-62(65)56-53-50-47-44-41-38-34-26-23-20-17-14-11-8-5-2/h17,20,26,29-30,34,59H,4-16,18-19,21-25,27-28,31-33,35-58H2,1-3H3/b20-17-,30-29-,34-26-. The Hall–Kier alpha value is -2.37. The first-order chi connectivity index (χ1) is 33.5. The van der Waals surface area contributed by atoms with Gasteiger partial charge in [0.15, 0.2) is 6.10 Å². The van der Waals surface area contributed by atoms with E-state index < -0.39 is 6.10 Å². The molecule has 6 heteroatoms. The minimum atomic E-state index is -0.777. The van der Waals surface area contributed by atoms with Crippen LogP contribution >= 0.6 is 0 Å². The molecule has 0 aromatic heterocycles. The molecule has 0 fully saturated rings. The molecule has 1 unspecified atom stereocenters. The maximum atomic E-state index is 12.8. The van der Waals surface area contributed by atoms with Gasteiger partial charge in [-0.05, 0) is 77.0 Å². The molecule has 0 aliphatic carbocycles. The van der Waals surface area contributed by atoms with Crippen molar-refractivity contribution < 1.29 is 28.6 Å². The SMILES string of the molecule is CCCCC/C=C\C/C=C\CCCCCCCC(=O)OC(COC(=O)CCCCCCCCCCC/C=C\CCCCCCCCCC)COC(=O)CCCCCCCCCCCCCCCC. The molecule has 0 saturated carbocycles. The van der Waals surface area contributed by atoms with Crippen LogP contribution in [0.1, 0.15) is 323 Å². The van der Waals surface area contributed by atoms with Gasteiger partial charge in [0.25, 0.3) is 0 Å². The largest absolute Gasteiger partial charge is 0.462 e. The highest BCUT2D eigenvalue weighted by atomic mass is 16.6. The Morgan fingerprint density at radius 3 is 0.853 bits per heavy atom. The Labute approximate surface area is 423 Å². The van der Waals surface area contributed by atoms with Gasteiger partial charge in [0, 0.05) is 19.3 Å². The van der Waals surface area contributed by atoms with E-state index in [4.69, 9.17) is 14.2 Å². The van der Waals surface area contributed by atoms with Crippen molar-refractivity contribution >= 4 is 17.9 Å². The van der Waals surface area contributed by atoms with Crippen LogP contribution in [0.2, 0.25) is 0 Å². The maximum Gasteiger partial charge on any atom is 0.306 e. The fourth-order valence-electron chi connectivity index (χ4n) is 8.82. The summed E-state index contributed by atoms with van der Waals surface area (Å²) in [7, 11) is 0. The lowest BCUT2D eigenvalue weighted by atomic mass is 10.0. The molecule has 68 heavy (non-hydrogen) atoms. The Morgan fingerprint density at radius 2 is 0.529 bits per heavy atom. The van der Waals surface area contributed by atoms with Gasteiger partial charge in [-0.15, -0.1) is 0 Å². The van der Waals surface area contributed by atoms with Gasteiger partial charge in [0.05, 0.1) is 0 Å². The van der Waals surface area contributed by atoms with Crippen LogP contribution in [0, 0.1) is 0 Å². The first kappa shape index (κ1) is 65.6. The van der Waals surface area contributed by atoms with E-state index >= 15 is 0 Å². The number of allylic oxidation sites excluding steroid dienone is 6. The van der Waals surface area contributed by atoms with Crippen molar-refractivity contribution in [3.63, 3.8) is 0 Å². The Balaban J connectivity index is 4.32. The first-order valence-electron chi connectivity index (χ1n) is 30.0. The molecule has 0 aromatic rings. The molecule has 0 amide bonds. The molecule has 0 heterocycles. The summed E-state index contributed by atoms with van der Waals surface area (Å²) in [5.41, 5.74) is 0. The van der Waals surface area contributed by atoms with E-state index in [-0.39, 0.29) is 31.1 Å². The number of hydrogen-bond acceptors (Lipinski definition) is 6. The summed E-state index contributed by atoms with van der Waals surface area (Å²) in [6, 6.07) is 0. The highest BCUT2D eigenvalue weighted by Gasteiger charge is 2.19. The van der Waals surface area contributed by atoms with E-state index in [1.165, 1.54) is 199 Å². The molecule has 6 nitrogen and oxygen atoms in total. The summed E-state index contributed by atoms with van der Waals surface area (Å²) >= 11 is 0. The lowest BCUT2D eigenvalue weighted by Gasteiger charge is -2.18. The second-order valence-electron chi connectivity index (χ2n) is 20.3. The van der Waals surface area contributed by atoms with Gasteiger partial charge in [-0.1, -0.05) is 263 Å². The molecule has 0 saturated heterocycles. The number of carbonyl (C=O) groups is 3. The molecule has 0 spiro atoms. The van der Waals surface area contributed by atoms with Crippen molar-refractivity contribution in [2.75, 3.05) is 13.2 Å². The molecular weight excluding hydrogens is 841 g/mol. The van der Waals surface area contributed by atoms with Crippen molar-refractivity contribution in [2.45, 2.75) is 329 Å². The van der Waals surface area contributed by atoms with Crippen LogP contribution in [0.5, 0.6) is 0 Å². The van der Waals surface area contributed by atoms with E-state index in [1.807, 2.05) is 0 Å². The molecule has 0 aliphatic rings. The van der Waals surface area contributed by atoms with Gasteiger partial charge in [-0.3, -0.25) is 14.4 Å². The predicted octanol–water partition coefficient (Wildman–Crippen LogP) is 20.0. The average Bonchev–Trinajstić information content (AvgIpc) is 3.34. The fourth-order valence-corrected chi connectivity index (χ4v) is 8.82. The first-order valence-corrected chi connectivity index (χ1v) is 30.0. The molecule has 1 atom stereocenters. The molecule has 0 aromatic carbocycles. The van der Waals surface area contributed by atoms with E-state index in [0.717, 1.165) is 83.5 Å². The van der Waals surface area contributed by atoms with E-state index in [2.05, 4.69) is 57.2 Å². The van der Waals surface area contributed by atoms with Crippen molar-refractivity contribution in [3.8, 4) is 0 Å². The zero-order valence-corrected chi connectivity index (χ0v) is 45.6. The zero-order chi connectivity index (χ0) is 49.3. The van der Waals surface area contributed by atoms with Crippen LogP contribution in [0.25, 0.3) is 0 Å². The van der Waals surface area contributed by atoms with Gasteiger partial charge < -0.3 is 14.2 Å². The summed E-state index contributed by atoms with van der Waals surface area (Å²) in [6.07, 6.45) is 68.5.